The van der Waals surface area contributed by atoms with Gasteiger partial charge >= 0.3 is 6.18 Å². The molecule has 0 aliphatic heterocycles. The van der Waals surface area contributed by atoms with Crippen LogP contribution in [0.1, 0.15) is 12.5 Å². The zero-order valence-electron chi connectivity index (χ0n) is 8.32. The van der Waals surface area contributed by atoms with Crippen LogP contribution in [0, 0.1) is 0 Å². The van der Waals surface area contributed by atoms with E-state index in [0.29, 0.717) is 0 Å². The maximum absolute atomic E-state index is 12.4. The Balaban J connectivity index is 3.22. The molecule has 0 aliphatic carbocycles. The van der Waals surface area contributed by atoms with Gasteiger partial charge in [-0.3, -0.25) is 0 Å². The van der Waals surface area contributed by atoms with Crippen LogP contribution in [0.2, 0.25) is 0 Å². The quantitative estimate of drug-likeness (QED) is 0.439. The van der Waals surface area contributed by atoms with Gasteiger partial charge in [0, 0.05) is 4.91 Å². The third-order valence-corrected chi connectivity index (χ3v) is 1.74. The van der Waals surface area contributed by atoms with Gasteiger partial charge in [-0.05, 0) is 30.7 Å². The summed E-state index contributed by atoms with van der Waals surface area (Å²) in [4.78, 5) is 2.45. The fraction of sp³-hybridized carbons (Fsp3) is 0.333. The van der Waals surface area contributed by atoms with Crippen molar-refractivity contribution in [3.63, 3.8) is 0 Å². The van der Waals surface area contributed by atoms with E-state index in [1.54, 1.807) is 6.92 Å². The van der Waals surface area contributed by atoms with Crippen LogP contribution in [0.15, 0.2) is 23.3 Å². The van der Waals surface area contributed by atoms with E-state index in [9.17, 15) is 13.2 Å². The maximum atomic E-state index is 12.4. The van der Waals surface area contributed by atoms with Crippen molar-refractivity contribution in [1.29, 1.82) is 0 Å². The van der Waals surface area contributed by atoms with E-state index in [-0.39, 0.29) is 18.0 Å². The third-order valence-electron chi connectivity index (χ3n) is 1.74. The molecule has 16 heavy (non-hydrogen) atoms. The highest BCUT2D eigenvalue weighted by molar-refractivity contribution is 5.54. The molecule has 0 saturated heterocycles. The van der Waals surface area contributed by atoms with Crippen molar-refractivity contribution >= 4 is 5.69 Å². The van der Waals surface area contributed by atoms with E-state index in [2.05, 4.69) is 10.0 Å². The summed E-state index contributed by atoms with van der Waals surface area (Å²) < 4.78 is 42.1. The summed E-state index contributed by atoms with van der Waals surface area (Å²) in [6, 6.07) is 2.77. The van der Waals surface area contributed by atoms with Gasteiger partial charge in [0.15, 0.2) is 0 Å². The lowest BCUT2D eigenvalue weighted by Gasteiger charge is -2.10. The second kappa shape index (κ2) is 4.76. The molecule has 0 unspecified atom stereocenters. The van der Waals surface area contributed by atoms with Crippen LogP contribution in [0.4, 0.5) is 18.9 Å². The Morgan fingerprint density at radius 3 is 2.62 bits per heavy atom. The van der Waals surface area contributed by atoms with Crippen molar-refractivity contribution in [3.05, 3.63) is 34.2 Å². The summed E-state index contributed by atoms with van der Waals surface area (Å²) in [6.45, 7) is 1.96. The van der Waals surface area contributed by atoms with E-state index >= 15 is 0 Å². The fourth-order valence-corrected chi connectivity index (χ4v) is 1.10. The number of nitrogens with zero attached hydrogens (tertiary/aromatic N) is 3. The second-order valence-corrected chi connectivity index (χ2v) is 2.80. The molecule has 0 saturated carbocycles. The largest absolute Gasteiger partial charge is 0.493 e. The molecule has 0 fully saturated rings. The fourth-order valence-electron chi connectivity index (χ4n) is 1.10. The molecule has 0 aliphatic rings. The van der Waals surface area contributed by atoms with E-state index in [1.807, 2.05) is 0 Å². The summed E-state index contributed by atoms with van der Waals surface area (Å²) in [6.07, 6.45) is -4.47. The molecule has 0 atom stereocenters. The number of hydrogen-bond acceptors (Lipinski definition) is 2. The summed E-state index contributed by atoms with van der Waals surface area (Å²) in [5.41, 5.74) is 7.18. The summed E-state index contributed by atoms with van der Waals surface area (Å²) in [5.74, 6) is 0.133. The van der Waals surface area contributed by atoms with Gasteiger partial charge in [0.2, 0.25) is 0 Å². The Bertz CT molecular complexity index is 424. The Morgan fingerprint density at radius 1 is 1.44 bits per heavy atom. The van der Waals surface area contributed by atoms with Crippen molar-refractivity contribution in [2.45, 2.75) is 13.1 Å². The van der Waals surface area contributed by atoms with Crippen LogP contribution < -0.4 is 4.74 Å². The van der Waals surface area contributed by atoms with Crippen LogP contribution in [-0.4, -0.2) is 6.61 Å². The van der Waals surface area contributed by atoms with E-state index < -0.39 is 11.7 Å². The van der Waals surface area contributed by atoms with Crippen molar-refractivity contribution in [1.82, 2.24) is 0 Å². The van der Waals surface area contributed by atoms with Crippen molar-refractivity contribution in [3.8, 4) is 5.75 Å². The second-order valence-electron chi connectivity index (χ2n) is 2.80. The average molecular weight is 231 g/mol. The van der Waals surface area contributed by atoms with E-state index in [0.717, 1.165) is 18.2 Å². The Morgan fingerprint density at radius 2 is 2.12 bits per heavy atom. The SMILES string of the molecule is CCOc1ccc(C(F)(F)F)cc1N=[N+]=[N-]. The van der Waals surface area contributed by atoms with Crippen LogP contribution in [0.25, 0.3) is 10.4 Å². The first-order valence-corrected chi connectivity index (χ1v) is 4.38. The molecule has 1 aromatic rings. The highest BCUT2D eigenvalue weighted by Gasteiger charge is 2.31. The number of ether oxygens (including phenoxy) is 1. The first-order valence-electron chi connectivity index (χ1n) is 4.38. The average Bonchev–Trinajstić information content (AvgIpc) is 2.19. The van der Waals surface area contributed by atoms with Gasteiger partial charge in [0.05, 0.1) is 17.9 Å². The van der Waals surface area contributed by atoms with Gasteiger partial charge in [-0.1, -0.05) is 5.11 Å². The molecule has 1 rings (SSSR count). The minimum atomic E-state index is -4.47. The summed E-state index contributed by atoms with van der Waals surface area (Å²) in [5, 5.41) is 3.15. The Labute approximate surface area is 89.3 Å². The first-order chi connectivity index (χ1) is 7.49. The summed E-state index contributed by atoms with van der Waals surface area (Å²) in [7, 11) is 0. The first kappa shape index (κ1) is 12.2. The zero-order valence-corrected chi connectivity index (χ0v) is 8.32. The van der Waals surface area contributed by atoms with Gasteiger partial charge in [0.1, 0.15) is 5.75 Å². The highest BCUT2D eigenvalue weighted by atomic mass is 19.4. The van der Waals surface area contributed by atoms with Crippen LogP contribution >= 0.6 is 0 Å². The molecule has 1 aromatic carbocycles. The van der Waals surface area contributed by atoms with Crippen molar-refractivity contribution in [2.24, 2.45) is 5.11 Å². The highest BCUT2D eigenvalue weighted by Crippen LogP contribution is 2.36. The number of halogens is 3. The number of rotatable bonds is 3. The standard InChI is InChI=1S/C9H8F3N3O/c1-2-16-8-4-3-6(9(10,11)12)5-7(8)14-15-13/h3-5H,2H2,1H3. The van der Waals surface area contributed by atoms with E-state index in [1.165, 1.54) is 0 Å². The van der Waals surface area contributed by atoms with Gasteiger partial charge in [0.25, 0.3) is 0 Å². The van der Waals surface area contributed by atoms with Gasteiger partial charge < -0.3 is 4.74 Å². The number of alkyl halides is 3. The van der Waals surface area contributed by atoms with Crippen LogP contribution in [0.5, 0.6) is 5.75 Å². The molecule has 0 radical (unpaired) electrons. The predicted octanol–water partition coefficient (Wildman–Crippen LogP) is 4.05. The predicted molar refractivity (Wildman–Crippen MR) is 51.4 cm³/mol. The molecule has 0 N–H and O–H groups in total. The lowest BCUT2D eigenvalue weighted by atomic mass is 10.2. The Kier molecular flexibility index (Phi) is 3.63. The maximum Gasteiger partial charge on any atom is 0.416 e. The molecule has 7 heteroatoms. The molecule has 0 spiro atoms. The van der Waals surface area contributed by atoms with Crippen LogP contribution in [0.3, 0.4) is 0 Å². The molecular weight excluding hydrogens is 223 g/mol. The number of benzene rings is 1. The van der Waals surface area contributed by atoms with Crippen molar-refractivity contribution in [2.75, 3.05) is 6.61 Å². The normalized spacial score (nSPS) is 10.8. The molecular formula is C9H8F3N3O. The van der Waals surface area contributed by atoms with Crippen LogP contribution in [-0.2, 0) is 6.18 Å². The number of hydrogen-bond donors (Lipinski definition) is 0. The van der Waals surface area contributed by atoms with E-state index in [4.69, 9.17) is 10.3 Å². The Hall–Kier alpha value is -1.88. The molecule has 0 heterocycles. The smallest absolute Gasteiger partial charge is 0.416 e. The molecule has 86 valence electrons. The van der Waals surface area contributed by atoms with Gasteiger partial charge in [-0.2, -0.15) is 13.2 Å². The lowest BCUT2D eigenvalue weighted by molar-refractivity contribution is -0.137. The molecule has 0 amide bonds. The topological polar surface area (TPSA) is 58.0 Å². The third kappa shape index (κ3) is 2.80. The summed E-state index contributed by atoms with van der Waals surface area (Å²) >= 11 is 0. The number of azide groups is 1. The van der Waals surface area contributed by atoms with Gasteiger partial charge in [-0.15, -0.1) is 0 Å². The lowest BCUT2D eigenvalue weighted by Crippen LogP contribution is -2.04. The molecule has 4 nitrogen and oxygen atoms in total. The minimum Gasteiger partial charge on any atom is -0.493 e. The molecule has 0 bridgehead atoms. The van der Waals surface area contributed by atoms with Gasteiger partial charge in [-0.25, -0.2) is 0 Å². The zero-order chi connectivity index (χ0) is 12.2. The minimum absolute atomic E-state index is 0.133. The van der Waals surface area contributed by atoms with Crippen molar-refractivity contribution < 1.29 is 17.9 Å². The molecule has 0 aromatic heterocycles. The monoisotopic (exact) mass is 231 g/mol.